The predicted molar refractivity (Wildman–Crippen MR) is 78.8 cm³/mol. The van der Waals surface area contributed by atoms with Crippen molar-refractivity contribution in [2.75, 3.05) is 13.2 Å². The number of carbonyl (C=O) groups is 1. The quantitative estimate of drug-likeness (QED) is 0.811. The maximum Gasteiger partial charge on any atom is 0.258 e. The van der Waals surface area contributed by atoms with Gasteiger partial charge < -0.3 is 15.2 Å². The van der Waals surface area contributed by atoms with Crippen LogP contribution in [0.5, 0.6) is 5.75 Å². The van der Waals surface area contributed by atoms with E-state index in [0.29, 0.717) is 15.8 Å². The molecule has 110 valence electrons. The summed E-state index contributed by atoms with van der Waals surface area (Å²) in [5.74, 6) is -0.0104. The molecule has 1 aromatic rings. The number of hydrogen-bond acceptors (Lipinski definition) is 3. The Morgan fingerprint density at radius 3 is 2.45 bits per heavy atom. The third-order valence-corrected chi connectivity index (χ3v) is 4.37. The molecule has 0 saturated heterocycles. The second-order valence-electron chi connectivity index (χ2n) is 4.83. The SMILES string of the molecule is O=C(COc1cc(Cl)c(Cl)cc1Cl)NC1(CO)CCC1. The molecule has 7 heteroatoms. The van der Waals surface area contributed by atoms with Crippen LogP contribution in [0.1, 0.15) is 19.3 Å². The van der Waals surface area contributed by atoms with Crippen LogP contribution in [0.15, 0.2) is 12.1 Å². The first-order valence-corrected chi connectivity index (χ1v) is 7.28. The van der Waals surface area contributed by atoms with Crippen LogP contribution in [0, 0.1) is 0 Å². The maximum atomic E-state index is 11.8. The fourth-order valence-corrected chi connectivity index (χ4v) is 2.61. The molecule has 0 radical (unpaired) electrons. The summed E-state index contributed by atoms with van der Waals surface area (Å²) in [5, 5.41) is 13.0. The van der Waals surface area contributed by atoms with Crippen molar-refractivity contribution in [2.24, 2.45) is 0 Å². The molecule has 1 saturated carbocycles. The highest BCUT2D eigenvalue weighted by atomic mass is 35.5. The smallest absolute Gasteiger partial charge is 0.258 e. The number of halogens is 3. The molecule has 1 aromatic carbocycles. The van der Waals surface area contributed by atoms with E-state index in [1.807, 2.05) is 0 Å². The highest BCUT2D eigenvalue weighted by Crippen LogP contribution is 2.34. The summed E-state index contributed by atoms with van der Waals surface area (Å²) >= 11 is 17.6. The van der Waals surface area contributed by atoms with Crippen molar-refractivity contribution in [1.29, 1.82) is 0 Å². The van der Waals surface area contributed by atoms with Crippen molar-refractivity contribution in [1.82, 2.24) is 5.32 Å². The molecular weight excluding hydrogens is 325 g/mol. The van der Waals surface area contributed by atoms with Gasteiger partial charge in [-0.15, -0.1) is 0 Å². The van der Waals surface area contributed by atoms with E-state index in [1.165, 1.54) is 12.1 Å². The van der Waals surface area contributed by atoms with Crippen LogP contribution in [0.3, 0.4) is 0 Å². The van der Waals surface area contributed by atoms with Gasteiger partial charge in [0.15, 0.2) is 6.61 Å². The third kappa shape index (κ3) is 3.50. The average Bonchev–Trinajstić information content (AvgIpc) is 2.36. The average molecular weight is 339 g/mol. The number of aliphatic hydroxyl groups excluding tert-OH is 1. The zero-order chi connectivity index (χ0) is 14.8. The first-order chi connectivity index (χ1) is 9.46. The van der Waals surface area contributed by atoms with Crippen molar-refractivity contribution in [3.63, 3.8) is 0 Å². The fraction of sp³-hybridized carbons (Fsp3) is 0.462. The minimum absolute atomic E-state index is 0.0632. The molecule has 0 heterocycles. The molecule has 1 aliphatic rings. The van der Waals surface area contributed by atoms with Crippen LogP contribution in [-0.4, -0.2) is 29.8 Å². The summed E-state index contributed by atoms with van der Waals surface area (Å²) in [6.45, 7) is -0.258. The van der Waals surface area contributed by atoms with Crippen LogP contribution < -0.4 is 10.1 Å². The van der Waals surface area contributed by atoms with Crippen LogP contribution >= 0.6 is 34.8 Å². The normalized spacial score (nSPS) is 16.4. The Kier molecular flexibility index (Phi) is 5.02. The van der Waals surface area contributed by atoms with Gasteiger partial charge in [-0.3, -0.25) is 4.79 Å². The number of benzene rings is 1. The van der Waals surface area contributed by atoms with Crippen molar-refractivity contribution in [2.45, 2.75) is 24.8 Å². The zero-order valence-corrected chi connectivity index (χ0v) is 12.9. The minimum atomic E-state index is -0.484. The maximum absolute atomic E-state index is 11.8. The summed E-state index contributed by atoms with van der Waals surface area (Å²) in [6, 6.07) is 2.92. The monoisotopic (exact) mass is 337 g/mol. The molecule has 0 atom stereocenters. The van der Waals surface area contributed by atoms with Crippen molar-refractivity contribution in [3.05, 3.63) is 27.2 Å². The van der Waals surface area contributed by atoms with Gasteiger partial charge in [-0.25, -0.2) is 0 Å². The first-order valence-electron chi connectivity index (χ1n) is 6.15. The number of rotatable bonds is 5. The van der Waals surface area contributed by atoms with E-state index in [0.717, 1.165) is 19.3 Å². The highest BCUT2D eigenvalue weighted by Gasteiger charge is 2.37. The summed E-state index contributed by atoms with van der Waals surface area (Å²) in [6.07, 6.45) is 2.56. The summed E-state index contributed by atoms with van der Waals surface area (Å²) in [7, 11) is 0. The fourth-order valence-electron chi connectivity index (χ4n) is 2.02. The molecule has 0 spiro atoms. The predicted octanol–water partition coefficient (Wildman–Crippen LogP) is 3.06. The number of aliphatic hydroxyl groups is 1. The molecule has 0 unspecified atom stereocenters. The van der Waals surface area contributed by atoms with Gasteiger partial charge in [0.2, 0.25) is 0 Å². The number of carbonyl (C=O) groups excluding carboxylic acids is 1. The molecule has 2 N–H and O–H groups in total. The Labute approximate surface area is 132 Å². The van der Waals surface area contributed by atoms with Crippen LogP contribution in [-0.2, 0) is 4.79 Å². The van der Waals surface area contributed by atoms with Gasteiger partial charge in [-0.1, -0.05) is 34.8 Å². The standard InChI is InChI=1S/C13H14Cl3NO3/c14-8-4-10(16)11(5-9(8)15)20-6-12(19)17-13(7-18)2-1-3-13/h4-5,18H,1-3,6-7H2,(H,17,19). The van der Waals surface area contributed by atoms with Gasteiger partial charge in [0.1, 0.15) is 5.75 Å². The van der Waals surface area contributed by atoms with E-state index in [1.54, 1.807) is 0 Å². The van der Waals surface area contributed by atoms with Gasteiger partial charge in [-0.05, 0) is 25.3 Å². The van der Waals surface area contributed by atoms with Gasteiger partial charge in [-0.2, -0.15) is 0 Å². The van der Waals surface area contributed by atoms with Crippen molar-refractivity contribution >= 4 is 40.7 Å². The van der Waals surface area contributed by atoms with Gasteiger partial charge in [0.05, 0.1) is 27.2 Å². The Morgan fingerprint density at radius 2 is 1.90 bits per heavy atom. The molecule has 2 rings (SSSR count). The largest absolute Gasteiger partial charge is 0.482 e. The van der Waals surface area contributed by atoms with Gasteiger partial charge >= 0.3 is 0 Å². The van der Waals surface area contributed by atoms with E-state index >= 15 is 0 Å². The Morgan fingerprint density at radius 1 is 1.25 bits per heavy atom. The molecule has 0 aliphatic heterocycles. The molecule has 1 aliphatic carbocycles. The Balaban J connectivity index is 1.92. The summed E-state index contributed by atoms with van der Waals surface area (Å²) in [4.78, 5) is 11.8. The summed E-state index contributed by atoms with van der Waals surface area (Å²) < 4.78 is 5.32. The molecular formula is C13H14Cl3NO3. The number of amides is 1. The second kappa shape index (κ2) is 6.39. The van der Waals surface area contributed by atoms with Gasteiger partial charge in [0, 0.05) is 6.07 Å². The Hall–Kier alpha value is -0.680. The third-order valence-electron chi connectivity index (χ3n) is 3.35. The lowest BCUT2D eigenvalue weighted by atomic mass is 9.77. The number of hydrogen-bond donors (Lipinski definition) is 2. The van der Waals surface area contributed by atoms with E-state index < -0.39 is 5.54 Å². The molecule has 0 bridgehead atoms. The molecule has 1 fully saturated rings. The molecule has 4 nitrogen and oxygen atoms in total. The van der Waals surface area contributed by atoms with E-state index in [-0.39, 0.29) is 24.1 Å². The van der Waals surface area contributed by atoms with Crippen molar-refractivity contribution in [3.8, 4) is 5.75 Å². The minimum Gasteiger partial charge on any atom is -0.482 e. The van der Waals surface area contributed by atoms with E-state index in [2.05, 4.69) is 5.32 Å². The first kappa shape index (κ1) is 15.7. The number of nitrogens with one attached hydrogen (secondary N) is 1. The van der Waals surface area contributed by atoms with E-state index in [9.17, 15) is 9.90 Å². The van der Waals surface area contributed by atoms with Crippen molar-refractivity contribution < 1.29 is 14.6 Å². The lowest BCUT2D eigenvalue weighted by Crippen LogP contribution is -2.57. The Bertz CT molecular complexity index is 512. The number of ether oxygens (including phenoxy) is 1. The highest BCUT2D eigenvalue weighted by molar-refractivity contribution is 6.43. The molecule has 20 heavy (non-hydrogen) atoms. The lowest BCUT2D eigenvalue weighted by molar-refractivity contribution is -0.127. The van der Waals surface area contributed by atoms with Crippen LogP contribution in [0.4, 0.5) is 0 Å². The molecule has 1 amide bonds. The van der Waals surface area contributed by atoms with Crippen LogP contribution in [0.2, 0.25) is 15.1 Å². The summed E-state index contributed by atoms with van der Waals surface area (Å²) in [5.41, 5.74) is -0.484. The lowest BCUT2D eigenvalue weighted by Gasteiger charge is -2.40. The van der Waals surface area contributed by atoms with Crippen LogP contribution in [0.25, 0.3) is 0 Å². The molecule has 0 aromatic heterocycles. The van der Waals surface area contributed by atoms with Gasteiger partial charge in [0.25, 0.3) is 5.91 Å². The van der Waals surface area contributed by atoms with E-state index in [4.69, 9.17) is 39.5 Å². The topological polar surface area (TPSA) is 58.6 Å². The second-order valence-corrected chi connectivity index (χ2v) is 6.05. The zero-order valence-electron chi connectivity index (χ0n) is 10.6.